The minimum Gasteiger partial charge on any atom is -0.334 e. The van der Waals surface area contributed by atoms with E-state index in [0.29, 0.717) is 0 Å². The molecule has 0 radical (unpaired) electrons. The number of hydrogen-bond acceptors (Lipinski definition) is 1. The van der Waals surface area contributed by atoms with E-state index in [0.717, 1.165) is 30.1 Å². The molecule has 248 valence electrons. The molecule has 1 unspecified atom stereocenters. The summed E-state index contributed by atoms with van der Waals surface area (Å²) in [5, 5.41) is 2.57. The second kappa shape index (κ2) is 11.4. The lowest BCUT2D eigenvalue weighted by Crippen LogP contribution is -2.55. The minimum atomic E-state index is 0.157. The van der Waals surface area contributed by atoms with Crippen LogP contribution in [0.2, 0.25) is 0 Å². The van der Waals surface area contributed by atoms with Crippen LogP contribution >= 0.6 is 0 Å². The third-order valence-electron chi connectivity index (χ3n) is 13.6. The molecule has 1 spiro atoms. The maximum Gasteiger partial charge on any atom is 0.0560 e. The first-order chi connectivity index (χ1) is 25.2. The Morgan fingerprint density at radius 1 is 0.490 bits per heavy atom. The van der Waals surface area contributed by atoms with Crippen LogP contribution in [0, 0.1) is 23.7 Å². The summed E-state index contributed by atoms with van der Waals surface area (Å²) in [6.45, 7) is 0. The minimum absolute atomic E-state index is 0.157. The number of fused-ring (bicyclic) bond motifs is 4. The number of benzene rings is 6. The van der Waals surface area contributed by atoms with E-state index in [9.17, 15) is 0 Å². The Morgan fingerprint density at radius 3 is 1.92 bits per heavy atom. The number of anilines is 2. The lowest BCUT2D eigenvalue weighted by molar-refractivity contribution is -0.0399. The van der Waals surface area contributed by atoms with Crippen molar-refractivity contribution >= 4 is 27.7 Å². The van der Waals surface area contributed by atoms with Crippen LogP contribution in [0.25, 0.3) is 38.6 Å². The van der Waals surface area contributed by atoms with E-state index >= 15 is 0 Å². The quantitative estimate of drug-likeness (QED) is 0.178. The lowest BCUT2D eigenvalue weighted by atomic mass is 9.43. The van der Waals surface area contributed by atoms with Gasteiger partial charge in [-0.2, -0.15) is 0 Å². The van der Waals surface area contributed by atoms with E-state index < -0.39 is 0 Å². The molecule has 6 aromatic carbocycles. The fourth-order valence-electron chi connectivity index (χ4n) is 11.7. The molecule has 0 amide bonds. The molecule has 51 heavy (non-hydrogen) atoms. The molecule has 4 fully saturated rings. The van der Waals surface area contributed by atoms with Crippen LogP contribution in [0.1, 0.15) is 55.2 Å². The Kier molecular flexibility index (Phi) is 6.63. The van der Waals surface area contributed by atoms with Crippen molar-refractivity contribution in [2.45, 2.75) is 50.0 Å². The first-order valence-corrected chi connectivity index (χ1v) is 19.3. The molecule has 0 N–H and O–H groups in total. The van der Waals surface area contributed by atoms with Gasteiger partial charge in [-0.05, 0) is 148 Å². The van der Waals surface area contributed by atoms with Crippen LogP contribution in [-0.4, -0.2) is 6.04 Å². The summed E-state index contributed by atoms with van der Waals surface area (Å²) in [6, 6.07) is 52.9. The fourth-order valence-corrected chi connectivity index (χ4v) is 11.7. The van der Waals surface area contributed by atoms with Gasteiger partial charge in [0.1, 0.15) is 0 Å². The van der Waals surface area contributed by atoms with Gasteiger partial charge in [0, 0.05) is 16.8 Å². The number of rotatable bonds is 5. The van der Waals surface area contributed by atoms with Crippen LogP contribution in [-0.2, 0) is 5.41 Å². The van der Waals surface area contributed by atoms with Crippen molar-refractivity contribution in [1.29, 1.82) is 0 Å². The summed E-state index contributed by atoms with van der Waals surface area (Å²) >= 11 is 0. The highest BCUT2D eigenvalue weighted by Crippen LogP contribution is 2.69. The fraction of sp³-hybridized carbons (Fsp3) is 0.240. The van der Waals surface area contributed by atoms with E-state index in [-0.39, 0.29) is 11.5 Å². The molecule has 1 heteroatoms. The normalized spacial score (nSPS) is 26.7. The van der Waals surface area contributed by atoms with E-state index in [4.69, 9.17) is 0 Å². The van der Waals surface area contributed by atoms with Gasteiger partial charge in [0.25, 0.3) is 0 Å². The number of hydrogen-bond donors (Lipinski definition) is 0. The molecule has 6 aliphatic rings. The Balaban J connectivity index is 1.03. The molecule has 0 heterocycles. The van der Waals surface area contributed by atoms with Crippen molar-refractivity contribution in [1.82, 2.24) is 0 Å². The second-order valence-corrected chi connectivity index (χ2v) is 16.1. The molecule has 0 aromatic heterocycles. The van der Waals surface area contributed by atoms with Crippen LogP contribution in [0.3, 0.4) is 0 Å². The van der Waals surface area contributed by atoms with E-state index in [2.05, 4.69) is 163 Å². The van der Waals surface area contributed by atoms with Crippen LogP contribution < -0.4 is 4.90 Å². The molecule has 4 bridgehead atoms. The van der Waals surface area contributed by atoms with Gasteiger partial charge in [0.15, 0.2) is 0 Å². The monoisotopic (exact) mass is 657 g/mol. The maximum absolute atomic E-state index is 2.65. The standard InChI is InChI=1S/C50H43N/c1-2-8-35(9-3-1)37-16-20-43(21-17-37)51(44-22-18-38(19-23-44)40-15-14-36-10-4-5-11-39(36)31-40)45-24-25-47-46-12-6-7-13-48(46)50(49(47)32-45)41-27-33-26-34(29-41)30-42(50)28-33/h1-20,22-25,31-34,41-43H,21,26-30H2. The Labute approximate surface area is 302 Å². The molecule has 12 rings (SSSR count). The molecule has 1 nitrogen and oxygen atoms in total. The summed E-state index contributed by atoms with van der Waals surface area (Å²) in [7, 11) is 0. The zero-order valence-corrected chi connectivity index (χ0v) is 29.1. The van der Waals surface area contributed by atoms with Crippen LogP contribution in [0.5, 0.6) is 0 Å². The van der Waals surface area contributed by atoms with Gasteiger partial charge in [-0.25, -0.2) is 0 Å². The molecule has 0 saturated heterocycles. The highest BCUT2D eigenvalue weighted by Gasteiger charge is 2.61. The molecular weight excluding hydrogens is 615 g/mol. The van der Waals surface area contributed by atoms with Gasteiger partial charge in [-0.15, -0.1) is 0 Å². The smallest absolute Gasteiger partial charge is 0.0560 e. The van der Waals surface area contributed by atoms with Crippen molar-refractivity contribution in [3.05, 3.63) is 174 Å². The topological polar surface area (TPSA) is 3.24 Å². The zero-order chi connectivity index (χ0) is 33.5. The first kappa shape index (κ1) is 29.6. The van der Waals surface area contributed by atoms with Crippen molar-refractivity contribution in [3.63, 3.8) is 0 Å². The van der Waals surface area contributed by atoms with Gasteiger partial charge >= 0.3 is 0 Å². The van der Waals surface area contributed by atoms with Crippen molar-refractivity contribution < 1.29 is 0 Å². The average Bonchev–Trinajstić information content (AvgIpc) is 3.47. The Morgan fingerprint density at radius 2 is 1.16 bits per heavy atom. The summed E-state index contributed by atoms with van der Waals surface area (Å²) in [4.78, 5) is 2.63. The van der Waals surface area contributed by atoms with Crippen LogP contribution in [0.4, 0.5) is 11.4 Å². The van der Waals surface area contributed by atoms with E-state index in [1.807, 2.05) is 0 Å². The second-order valence-electron chi connectivity index (χ2n) is 16.1. The first-order valence-electron chi connectivity index (χ1n) is 19.3. The third-order valence-corrected chi connectivity index (χ3v) is 13.6. The van der Waals surface area contributed by atoms with Crippen LogP contribution in [0.15, 0.2) is 158 Å². The maximum atomic E-state index is 2.65. The predicted octanol–water partition coefficient (Wildman–Crippen LogP) is 12.8. The average molecular weight is 658 g/mol. The molecule has 4 saturated carbocycles. The van der Waals surface area contributed by atoms with Gasteiger partial charge in [-0.3, -0.25) is 0 Å². The largest absolute Gasteiger partial charge is 0.334 e. The molecule has 6 aliphatic carbocycles. The molecule has 0 aliphatic heterocycles. The zero-order valence-electron chi connectivity index (χ0n) is 29.1. The van der Waals surface area contributed by atoms with Crippen molar-refractivity contribution in [3.8, 4) is 22.3 Å². The van der Waals surface area contributed by atoms with E-state index in [1.54, 1.807) is 11.1 Å². The molecule has 1 atom stereocenters. The lowest BCUT2D eigenvalue weighted by Gasteiger charge is -2.61. The SMILES string of the molecule is C1=CC(N(c2ccc(-c3ccc4ccccc4c3)cc2)c2ccc3c(c2)C2(c4ccccc4-3)C3CC4CC(C3)CC2C4)CC=C1c1ccccc1. The van der Waals surface area contributed by atoms with Gasteiger partial charge in [0.2, 0.25) is 0 Å². The summed E-state index contributed by atoms with van der Waals surface area (Å²) in [5.41, 5.74) is 14.1. The van der Waals surface area contributed by atoms with Gasteiger partial charge in [0.05, 0.1) is 6.04 Å². The summed E-state index contributed by atoms with van der Waals surface area (Å²) in [6.07, 6.45) is 15.3. The van der Waals surface area contributed by atoms with E-state index in [1.165, 1.54) is 87.6 Å². The number of allylic oxidation sites excluding steroid dienone is 2. The highest BCUT2D eigenvalue weighted by molar-refractivity contribution is 5.88. The van der Waals surface area contributed by atoms with Crippen molar-refractivity contribution in [2.24, 2.45) is 23.7 Å². The third kappa shape index (κ3) is 4.53. The molecular formula is C50H43N. The van der Waals surface area contributed by atoms with Crippen molar-refractivity contribution in [2.75, 3.05) is 4.90 Å². The Bertz CT molecular complexity index is 2330. The molecule has 6 aromatic rings. The Hall–Kier alpha value is -5.14. The number of nitrogens with zero attached hydrogens (tertiary/aromatic N) is 1. The van der Waals surface area contributed by atoms with Gasteiger partial charge in [-0.1, -0.05) is 127 Å². The predicted molar refractivity (Wildman–Crippen MR) is 213 cm³/mol. The summed E-state index contributed by atoms with van der Waals surface area (Å²) in [5.74, 6) is 3.39. The highest BCUT2D eigenvalue weighted by atomic mass is 15.2. The van der Waals surface area contributed by atoms with Gasteiger partial charge < -0.3 is 4.90 Å². The summed E-state index contributed by atoms with van der Waals surface area (Å²) < 4.78 is 0.